The van der Waals surface area contributed by atoms with Crippen molar-refractivity contribution < 1.29 is 23.9 Å². The van der Waals surface area contributed by atoms with E-state index in [0.29, 0.717) is 0 Å². The molecule has 0 aromatic rings. The number of hydrogen-bond donors (Lipinski definition) is 6. The molecule has 1 aliphatic heterocycles. The van der Waals surface area contributed by atoms with Crippen molar-refractivity contribution >= 4 is 23.8 Å². The maximum atomic E-state index is 10.6. The first-order valence-corrected chi connectivity index (χ1v) is 4.62. The minimum Gasteiger partial charge on any atom is -0.387 e. The van der Waals surface area contributed by atoms with Crippen LogP contribution in [0.25, 0.3) is 0 Å². The van der Waals surface area contributed by atoms with Crippen LogP contribution in [0.2, 0.25) is 0 Å². The molecule has 2 amide bonds. The van der Waals surface area contributed by atoms with Crippen LogP contribution in [0.15, 0.2) is 24.3 Å². The minimum absolute atomic E-state index is 0.545. The van der Waals surface area contributed by atoms with Gasteiger partial charge in [0.25, 0.3) is 11.8 Å². The molecule has 0 bridgehead atoms. The van der Waals surface area contributed by atoms with Gasteiger partial charge in [0.1, 0.15) is 0 Å². The Kier molecular flexibility index (Phi) is 8.14. The van der Waals surface area contributed by atoms with Gasteiger partial charge < -0.3 is 4.74 Å². The fraction of sp³-hybridized carbons (Fsp3) is 0. The van der Waals surface area contributed by atoms with Crippen LogP contribution in [0.4, 0.5) is 0 Å². The Labute approximate surface area is 106 Å². The number of cyclic esters (lactones) is 2. The van der Waals surface area contributed by atoms with Crippen molar-refractivity contribution in [2.45, 2.75) is 0 Å². The Balaban J connectivity index is 0.000000388. The molecule has 0 aromatic carbocycles. The molecular formula is C8H12N6O5. The van der Waals surface area contributed by atoms with Crippen LogP contribution < -0.4 is 33.6 Å². The molecule has 8 N–H and O–H groups in total. The molecule has 0 radical (unpaired) electrons. The van der Waals surface area contributed by atoms with E-state index in [2.05, 4.69) is 15.7 Å². The molecule has 0 saturated heterocycles. The highest BCUT2D eigenvalue weighted by atomic mass is 16.6. The van der Waals surface area contributed by atoms with Gasteiger partial charge in [0, 0.05) is 24.3 Å². The molecular weight excluding hydrogens is 260 g/mol. The van der Waals surface area contributed by atoms with E-state index in [1.54, 1.807) is 0 Å². The molecule has 19 heavy (non-hydrogen) atoms. The van der Waals surface area contributed by atoms with Crippen molar-refractivity contribution in [2.24, 2.45) is 11.7 Å². The smallest absolute Gasteiger partial charge is 0.338 e. The SMILES string of the molecule is NNNNC(=O)/C=C\C(=O)NN.O=C1C=CC(=O)O1. The lowest BCUT2D eigenvalue weighted by Gasteiger charge is -2.00. The zero-order valence-electron chi connectivity index (χ0n) is 9.51. The molecule has 1 aliphatic rings. The fourth-order valence-electron chi connectivity index (χ4n) is 0.642. The van der Waals surface area contributed by atoms with Crippen molar-refractivity contribution in [3.8, 4) is 0 Å². The van der Waals surface area contributed by atoms with Gasteiger partial charge in [-0.1, -0.05) is 0 Å². The summed E-state index contributed by atoms with van der Waals surface area (Å²) in [5.41, 5.74) is 7.95. The van der Waals surface area contributed by atoms with Crippen molar-refractivity contribution in [1.82, 2.24) is 21.9 Å². The lowest BCUT2D eigenvalue weighted by Crippen LogP contribution is -2.49. The first-order valence-electron chi connectivity index (χ1n) is 4.62. The van der Waals surface area contributed by atoms with E-state index >= 15 is 0 Å². The number of ether oxygens (including phenoxy) is 1. The molecule has 0 spiro atoms. The predicted octanol–water partition coefficient (Wildman–Crippen LogP) is -3.84. The highest BCUT2D eigenvalue weighted by Crippen LogP contribution is 1.92. The number of carbonyl (C=O) groups excluding carboxylic acids is 4. The summed E-state index contributed by atoms with van der Waals surface area (Å²) >= 11 is 0. The van der Waals surface area contributed by atoms with Gasteiger partial charge in [-0.25, -0.2) is 15.4 Å². The maximum absolute atomic E-state index is 10.6. The van der Waals surface area contributed by atoms with Crippen LogP contribution in [0.1, 0.15) is 0 Å². The summed E-state index contributed by atoms with van der Waals surface area (Å²) in [5.74, 6) is 7.21. The van der Waals surface area contributed by atoms with E-state index in [-0.39, 0.29) is 0 Å². The summed E-state index contributed by atoms with van der Waals surface area (Å²) in [4.78, 5) is 40.9. The molecule has 0 atom stereocenters. The summed E-state index contributed by atoms with van der Waals surface area (Å²) in [5, 5.41) is 0. The van der Waals surface area contributed by atoms with Crippen molar-refractivity contribution in [2.75, 3.05) is 0 Å². The Hall–Kier alpha value is -2.60. The summed E-state index contributed by atoms with van der Waals surface area (Å²) < 4.78 is 3.97. The molecule has 0 aliphatic carbocycles. The second-order valence-corrected chi connectivity index (χ2v) is 2.67. The molecule has 104 valence electrons. The normalized spacial score (nSPS) is 12.7. The van der Waals surface area contributed by atoms with Gasteiger partial charge in [0.05, 0.1) is 0 Å². The van der Waals surface area contributed by atoms with Gasteiger partial charge in [0.15, 0.2) is 0 Å². The number of hydrazine groups is 4. The van der Waals surface area contributed by atoms with Gasteiger partial charge in [-0.05, 0) is 0 Å². The number of nitrogens with two attached hydrogens (primary N) is 2. The van der Waals surface area contributed by atoms with Crippen LogP contribution in [0.5, 0.6) is 0 Å². The summed E-state index contributed by atoms with van der Waals surface area (Å²) in [7, 11) is 0. The highest BCUT2D eigenvalue weighted by Gasteiger charge is 2.10. The Bertz CT molecular complexity index is 402. The number of amides is 2. The molecule has 11 heteroatoms. The zero-order chi connectivity index (χ0) is 14.7. The van der Waals surface area contributed by atoms with Gasteiger partial charge in [-0.3, -0.25) is 26.3 Å². The third-order valence-electron chi connectivity index (χ3n) is 1.34. The largest absolute Gasteiger partial charge is 0.387 e. The molecule has 1 heterocycles. The van der Waals surface area contributed by atoms with Crippen molar-refractivity contribution in [3.05, 3.63) is 24.3 Å². The monoisotopic (exact) mass is 272 g/mol. The van der Waals surface area contributed by atoms with Gasteiger partial charge >= 0.3 is 11.9 Å². The van der Waals surface area contributed by atoms with Crippen LogP contribution in [-0.2, 0) is 23.9 Å². The lowest BCUT2D eigenvalue weighted by molar-refractivity contribution is -0.150. The summed E-state index contributed by atoms with van der Waals surface area (Å²) in [6, 6.07) is 0. The van der Waals surface area contributed by atoms with Gasteiger partial charge in [0.2, 0.25) is 0 Å². The Morgan fingerprint density at radius 2 is 1.58 bits per heavy atom. The average molecular weight is 272 g/mol. The molecule has 1 rings (SSSR count). The number of hydrogen-bond acceptors (Lipinski definition) is 9. The van der Waals surface area contributed by atoms with E-state index < -0.39 is 23.8 Å². The maximum Gasteiger partial charge on any atom is 0.338 e. The number of carbonyl (C=O) groups is 4. The van der Waals surface area contributed by atoms with Gasteiger partial charge in [-0.15, -0.1) is 0 Å². The third-order valence-corrected chi connectivity index (χ3v) is 1.34. The van der Waals surface area contributed by atoms with E-state index in [0.717, 1.165) is 24.3 Å². The van der Waals surface area contributed by atoms with Gasteiger partial charge in [-0.2, -0.15) is 11.1 Å². The Morgan fingerprint density at radius 1 is 1.05 bits per heavy atom. The topological polar surface area (TPSA) is 178 Å². The van der Waals surface area contributed by atoms with Crippen molar-refractivity contribution in [3.63, 3.8) is 0 Å². The lowest BCUT2D eigenvalue weighted by atomic mass is 10.4. The zero-order valence-corrected chi connectivity index (χ0v) is 9.51. The molecule has 11 nitrogen and oxygen atoms in total. The first-order chi connectivity index (χ1) is 8.99. The average Bonchev–Trinajstić information content (AvgIpc) is 2.77. The Morgan fingerprint density at radius 3 is 1.95 bits per heavy atom. The first kappa shape index (κ1) is 16.4. The van der Waals surface area contributed by atoms with E-state index in [9.17, 15) is 19.2 Å². The molecule has 0 unspecified atom stereocenters. The molecule has 0 fully saturated rings. The third kappa shape index (κ3) is 9.13. The van der Waals surface area contributed by atoms with E-state index in [1.807, 2.05) is 11.0 Å². The summed E-state index contributed by atoms with van der Waals surface area (Å²) in [6.07, 6.45) is 4.12. The van der Waals surface area contributed by atoms with E-state index in [4.69, 9.17) is 11.7 Å². The second-order valence-electron chi connectivity index (χ2n) is 2.67. The number of nitrogens with one attached hydrogen (secondary N) is 4. The quantitative estimate of drug-likeness (QED) is 0.0746. The van der Waals surface area contributed by atoms with Crippen LogP contribution in [-0.4, -0.2) is 23.8 Å². The van der Waals surface area contributed by atoms with Crippen LogP contribution in [0, 0.1) is 0 Å². The van der Waals surface area contributed by atoms with Crippen LogP contribution in [0.3, 0.4) is 0 Å². The molecule has 0 aromatic heterocycles. The van der Waals surface area contributed by atoms with Crippen LogP contribution >= 0.6 is 0 Å². The minimum atomic E-state index is -0.579. The predicted molar refractivity (Wildman–Crippen MR) is 60.3 cm³/mol. The summed E-state index contributed by atoms with van der Waals surface area (Å²) in [6.45, 7) is 0. The number of esters is 2. The second kappa shape index (κ2) is 9.43. The van der Waals surface area contributed by atoms with Crippen molar-refractivity contribution in [1.29, 1.82) is 0 Å². The standard InChI is InChI=1S/C4H10N6O2.C4H2O3/c5-7-3(11)1-2-4(12)8-10-9-6;5-3-1-2-4(6)7-3/h1-2,9-10H,5-6H2,(H,7,11)(H,8,12);1-2H/b2-1-;. The fourth-order valence-corrected chi connectivity index (χ4v) is 0.642. The highest BCUT2D eigenvalue weighted by molar-refractivity contribution is 6.04. The number of rotatable bonds is 4. The molecule has 0 saturated carbocycles. The van der Waals surface area contributed by atoms with E-state index in [1.165, 1.54) is 0 Å².